The van der Waals surface area contributed by atoms with Crippen molar-refractivity contribution in [2.45, 2.75) is 45.6 Å². The molecule has 0 spiro atoms. The summed E-state index contributed by atoms with van der Waals surface area (Å²) in [7, 11) is 0. The molecular weight excluding hydrogens is 200 g/mol. The fourth-order valence-electron chi connectivity index (χ4n) is 2.23. The zero-order valence-electron chi connectivity index (χ0n) is 11.0. The topological polar surface area (TPSA) is 24.5 Å². The maximum Gasteiger partial charge on any atom is 0.0466 e. The standard InChI is InChI=1S/C13H28N2O/c1-3-15-10-7-13(8-11-15)14-9-5-6-12-16-4-2/h13-14H,3-12H2,1-2H3. The van der Waals surface area contributed by atoms with Crippen LogP contribution in [0.5, 0.6) is 0 Å². The highest BCUT2D eigenvalue weighted by Gasteiger charge is 2.16. The second-order valence-electron chi connectivity index (χ2n) is 4.57. The number of hydrogen-bond donors (Lipinski definition) is 1. The van der Waals surface area contributed by atoms with E-state index in [1.165, 1.54) is 45.3 Å². The molecule has 1 heterocycles. The minimum Gasteiger partial charge on any atom is -0.382 e. The molecule has 1 saturated heterocycles. The lowest BCUT2D eigenvalue weighted by molar-refractivity contribution is 0.142. The molecule has 0 bridgehead atoms. The van der Waals surface area contributed by atoms with E-state index in [0.29, 0.717) is 0 Å². The van der Waals surface area contributed by atoms with Gasteiger partial charge in [-0.3, -0.25) is 0 Å². The molecule has 0 saturated carbocycles. The molecule has 0 aliphatic carbocycles. The summed E-state index contributed by atoms with van der Waals surface area (Å²) in [4.78, 5) is 2.53. The summed E-state index contributed by atoms with van der Waals surface area (Å²) in [6.07, 6.45) is 5.07. The minimum absolute atomic E-state index is 0.759. The molecule has 16 heavy (non-hydrogen) atoms. The van der Waals surface area contributed by atoms with Gasteiger partial charge in [0.2, 0.25) is 0 Å². The number of nitrogens with zero attached hydrogens (tertiary/aromatic N) is 1. The monoisotopic (exact) mass is 228 g/mol. The fourth-order valence-corrected chi connectivity index (χ4v) is 2.23. The Balaban J connectivity index is 1.90. The van der Waals surface area contributed by atoms with Crippen LogP contribution < -0.4 is 5.32 Å². The summed E-state index contributed by atoms with van der Waals surface area (Å²) < 4.78 is 5.32. The van der Waals surface area contributed by atoms with Crippen LogP contribution in [0.2, 0.25) is 0 Å². The van der Waals surface area contributed by atoms with E-state index in [9.17, 15) is 0 Å². The van der Waals surface area contributed by atoms with Crippen molar-refractivity contribution < 1.29 is 4.74 Å². The molecule has 0 unspecified atom stereocenters. The first-order valence-electron chi connectivity index (χ1n) is 6.90. The molecular formula is C13H28N2O. The van der Waals surface area contributed by atoms with Gasteiger partial charge in [0.05, 0.1) is 0 Å². The van der Waals surface area contributed by atoms with Crippen LogP contribution in [0.4, 0.5) is 0 Å². The van der Waals surface area contributed by atoms with Crippen molar-refractivity contribution in [1.29, 1.82) is 0 Å². The van der Waals surface area contributed by atoms with Gasteiger partial charge in [-0.05, 0) is 58.8 Å². The second-order valence-corrected chi connectivity index (χ2v) is 4.57. The third-order valence-corrected chi connectivity index (χ3v) is 3.39. The van der Waals surface area contributed by atoms with Crippen LogP contribution in [0, 0.1) is 0 Å². The van der Waals surface area contributed by atoms with E-state index in [4.69, 9.17) is 4.74 Å². The Hall–Kier alpha value is -0.120. The molecule has 0 aromatic rings. The van der Waals surface area contributed by atoms with E-state index < -0.39 is 0 Å². The Morgan fingerprint density at radius 2 is 1.94 bits per heavy atom. The minimum atomic E-state index is 0.759. The molecule has 1 rings (SSSR count). The maximum atomic E-state index is 5.32. The normalized spacial score (nSPS) is 19.1. The van der Waals surface area contributed by atoms with Gasteiger partial charge in [-0.2, -0.15) is 0 Å². The summed E-state index contributed by atoms with van der Waals surface area (Å²) in [6.45, 7) is 11.0. The van der Waals surface area contributed by atoms with E-state index in [0.717, 1.165) is 25.8 Å². The second kappa shape index (κ2) is 8.97. The van der Waals surface area contributed by atoms with E-state index in [2.05, 4.69) is 24.1 Å². The predicted octanol–water partition coefficient (Wildman–Crippen LogP) is 1.88. The lowest BCUT2D eigenvalue weighted by Gasteiger charge is -2.31. The average Bonchev–Trinajstić information content (AvgIpc) is 2.34. The molecule has 0 amide bonds. The highest BCUT2D eigenvalue weighted by Crippen LogP contribution is 2.09. The van der Waals surface area contributed by atoms with Gasteiger partial charge in [0.25, 0.3) is 0 Å². The molecule has 1 aliphatic rings. The van der Waals surface area contributed by atoms with Gasteiger partial charge >= 0.3 is 0 Å². The van der Waals surface area contributed by atoms with Gasteiger partial charge in [0.1, 0.15) is 0 Å². The molecule has 0 aromatic heterocycles. The van der Waals surface area contributed by atoms with Crippen LogP contribution in [0.15, 0.2) is 0 Å². The number of piperidine rings is 1. The van der Waals surface area contributed by atoms with Crippen molar-refractivity contribution in [3.8, 4) is 0 Å². The molecule has 96 valence electrons. The highest BCUT2D eigenvalue weighted by molar-refractivity contribution is 4.76. The lowest BCUT2D eigenvalue weighted by atomic mass is 10.1. The smallest absolute Gasteiger partial charge is 0.0466 e. The zero-order chi connectivity index (χ0) is 11.6. The third kappa shape index (κ3) is 5.83. The van der Waals surface area contributed by atoms with Gasteiger partial charge in [-0.25, -0.2) is 0 Å². The Morgan fingerprint density at radius 3 is 2.56 bits per heavy atom. The van der Waals surface area contributed by atoms with Crippen LogP contribution in [0.3, 0.4) is 0 Å². The summed E-state index contributed by atoms with van der Waals surface area (Å²) in [5.41, 5.74) is 0. The van der Waals surface area contributed by atoms with Gasteiger partial charge < -0.3 is 15.0 Å². The number of hydrogen-bond acceptors (Lipinski definition) is 3. The van der Waals surface area contributed by atoms with Gasteiger partial charge in [0.15, 0.2) is 0 Å². The van der Waals surface area contributed by atoms with Crippen LogP contribution in [-0.4, -0.2) is 50.3 Å². The van der Waals surface area contributed by atoms with Crippen molar-refractivity contribution in [1.82, 2.24) is 10.2 Å². The lowest BCUT2D eigenvalue weighted by Crippen LogP contribution is -2.42. The van der Waals surface area contributed by atoms with Crippen molar-refractivity contribution in [2.75, 3.05) is 39.4 Å². The number of nitrogens with one attached hydrogen (secondary N) is 1. The van der Waals surface area contributed by atoms with Crippen LogP contribution >= 0.6 is 0 Å². The van der Waals surface area contributed by atoms with E-state index >= 15 is 0 Å². The quantitative estimate of drug-likeness (QED) is 0.642. The van der Waals surface area contributed by atoms with E-state index in [-0.39, 0.29) is 0 Å². The summed E-state index contributed by atoms with van der Waals surface area (Å²) in [5.74, 6) is 0. The Bertz CT molecular complexity index is 156. The summed E-state index contributed by atoms with van der Waals surface area (Å²) in [6, 6.07) is 0.759. The van der Waals surface area contributed by atoms with Crippen LogP contribution in [0.25, 0.3) is 0 Å². The SMILES string of the molecule is CCOCCCCNC1CCN(CC)CC1. The van der Waals surface area contributed by atoms with Gasteiger partial charge in [-0.1, -0.05) is 6.92 Å². The van der Waals surface area contributed by atoms with E-state index in [1.807, 2.05) is 0 Å². The Kier molecular flexibility index (Phi) is 7.81. The Morgan fingerprint density at radius 1 is 1.19 bits per heavy atom. The molecule has 3 heteroatoms. The summed E-state index contributed by atoms with van der Waals surface area (Å²) >= 11 is 0. The third-order valence-electron chi connectivity index (χ3n) is 3.39. The number of likely N-dealkylation sites (tertiary alicyclic amines) is 1. The van der Waals surface area contributed by atoms with Crippen molar-refractivity contribution in [3.05, 3.63) is 0 Å². The summed E-state index contributed by atoms with van der Waals surface area (Å²) in [5, 5.41) is 3.66. The molecule has 0 radical (unpaired) electrons. The van der Waals surface area contributed by atoms with Crippen molar-refractivity contribution in [3.63, 3.8) is 0 Å². The Labute approximate surface area is 101 Å². The largest absolute Gasteiger partial charge is 0.382 e. The van der Waals surface area contributed by atoms with Gasteiger partial charge in [-0.15, -0.1) is 0 Å². The zero-order valence-corrected chi connectivity index (χ0v) is 11.0. The molecule has 0 atom stereocenters. The highest BCUT2D eigenvalue weighted by atomic mass is 16.5. The molecule has 1 fully saturated rings. The van der Waals surface area contributed by atoms with Crippen LogP contribution in [-0.2, 0) is 4.74 Å². The first-order valence-corrected chi connectivity index (χ1v) is 6.90. The van der Waals surface area contributed by atoms with Crippen molar-refractivity contribution in [2.24, 2.45) is 0 Å². The first kappa shape index (κ1) is 13.9. The average molecular weight is 228 g/mol. The number of unbranched alkanes of at least 4 members (excludes halogenated alkanes) is 1. The van der Waals surface area contributed by atoms with Gasteiger partial charge in [0, 0.05) is 19.3 Å². The van der Waals surface area contributed by atoms with Crippen molar-refractivity contribution >= 4 is 0 Å². The first-order chi connectivity index (χ1) is 7.86. The molecule has 3 nitrogen and oxygen atoms in total. The fraction of sp³-hybridized carbons (Fsp3) is 1.00. The van der Waals surface area contributed by atoms with E-state index in [1.54, 1.807) is 0 Å². The predicted molar refractivity (Wildman–Crippen MR) is 68.9 cm³/mol. The molecule has 1 aliphatic heterocycles. The number of ether oxygens (including phenoxy) is 1. The maximum absolute atomic E-state index is 5.32. The number of rotatable bonds is 8. The molecule has 1 N–H and O–H groups in total. The van der Waals surface area contributed by atoms with Crippen LogP contribution in [0.1, 0.15) is 39.5 Å². The molecule has 0 aromatic carbocycles.